The lowest BCUT2D eigenvalue weighted by molar-refractivity contribution is 0.639. The fraction of sp³-hybridized carbons (Fsp3) is 0.250. The molecule has 2 aromatic rings. The van der Waals surface area contributed by atoms with Crippen LogP contribution < -0.4 is 0 Å². The van der Waals surface area contributed by atoms with Gasteiger partial charge in [-0.05, 0) is 37.0 Å². The Morgan fingerprint density at radius 3 is 2.81 bits per heavy atom. The number of aromatic nitrogens is 1. The SMILES string of the molecule is Fc1ccc(Cl)c2nc3c(c(Cl)c12)CCC3. The van der Waals surface area contributed by atoms with Gasteiger partial charge in [-0.1, -0.05) is 23.2 Å². The normalized spacial score (nSPS) is 14.4. The Morgan fingerprint density at radius 1 is 1.19 bits per heavy atom. The molecule has 1 aliphatic rings. The third kappa shape index (κ3) is 1.33. The number of aryl methyl sites for hydroxylation is 1. The highest BCUT2D eigenvalue weighted by atomic mass is 35.5. The Kier molecular flexibility index (Phi) is 2.30. The van der Waals surface area contributed by atoms with Crippen LogP contribution in [-0.2, 0) is 12.8 Å². The van der Waals surface area contributed by atoms with E-state index in [1.807, 2.05) is 0 Å². The summed E-state index contributed by atoms with van der Waals surface area (Å²) in [5, 5.41) is 1.29. The highest BCUT2D eigenvalue weighted by Crippen LogP contribution is 2.37. The molecule has 1 aromatic carbocycles. The van der Waals surface area contributed by atoms with Gasteiger partial charge in [0.25, 0.3) is 0 Å². The summed E-state index contributed by atoms with van der Waals surface area (Å²) in [6.07, 6.45) is 2.80. The van der Waals surface area contributed by atoms with Gasteiger partial charge in [-0.3, -0.25) is 4.98 Å². The summed E-state index contributed by atoms with van der Waals surface area (Å²) in [5.74, 6) is -0.355. The highest BCUT2D eigenvalue weighted by Gasteiger charge is 2.21. The molecule has 0 spiro atoms. The van der Waals surface area contributed by atoms with Crippen LogP contribution in [0.1, 0.15) is 17.7 Å². The maximum absolute atomic E-state index is 13.7. The molecule has 0 bridgehead atoms. The molecule has 1 aromatic heterocycles. The fourth-order valence-electron chi connectivity index (χ4n) is 2.23. The molecule has 1 heterocycles. The summed E-state index contributed by atoms with van der Waals surface area (Å²) in [4.78, 5) is 4.42. The van der Waals surface area contributed by atoms with Crippen LogP contribution in [0, 0.1) is 5.82 Å². The first-order valence-electron chi connectivity index (χ1n) is 5.13. The molecule has 1 nitrogen and oxygen atoms in total. The standard InChI is InChI=1S/C12H8Cl2FN/c13-7-4-5-8(15)10-11(14)6-2-1-3-9(6)16-12(7)10/h4-5H,1-3H2. The van der Waals surface area contributed by atoms with E-state index in [4.69, 9.17) is 23.2 Å². The van der Waals surface area contributed by atoms with Gasteiger partial charge in [-0.15, -0.1) is 0 Å². The summed E-state index contributed by atoms with van der Waals surface area (Å²) < 4.78 is 13.7. The quantitative estimate of drug-likeness (QED) is 0.689. The predicted molar refractivity (Wildman–Crippen MR) is 63.7 cm³/mol. The maximum atomic E-state index is 13.7. The Hall–Kier alpha value is -0.860. The third-order valence-corrected chi connectivity index (χ3v) is 3.72. The lowest BCUT2D eigenvalue weighted by Crippen LogP contribution is -1.94. The maximum Gasteiger partial charge on any atom is 0.134 e. The first-order chi connectivity index (χ1) is 7.68. The van der Waals surface area contributed by atoms with Crippen molar-refractivity contribution in [1.29, 1.82) is 0 Å². The minimum Gasteiger partial charge on any atom is -0.251 e. The molecule has 0 amide bonds. The van der Waals surface area contributed by atoms with Crippen molar-refractivity contribution in [3.63, 3.8) is 0 Å². The van der Waals surface area contributed by atoms with E-state index in [0.717, 1.165) is 30.5 Å². The molecule has 0 aliphatic heterocycles. The van der Waals surface area contributed by atoms with Crippen LogP contribution in [-0.4, -0.2) is 4.98 Å². The molecule has 4 heteroatoms. The minimum absolute atomic E-state index is 0.355. The van der Waals surface area contributed by atoms with E-state index in [9.17, 15) is 4.39 Å². The van der Waals surface area contributed by atoms with Crippen molar-refractivity contribution in [3.8, 4) is 0 Å². The second kappa shape index (κ2) is 3.57. The van der Waals surface area contributed by atoms with Gasteiger partial charge in [0.2, 0.25) is 0 Å². The van der Waals surface area contributed by atoms with Gasteiger partial charge >= 0.3 is 0 Å². The van der Waals surface area contributed by atoms with Gasteiger partial charge < -0.3 is 0 Å². The zero-order valence-corrected chi connectivity index (χ0v) is 9.87. The number of benzene rings is 1. The summed E-state index contributed by atoms with van der Waals surface area (Å²) in [6, 6.07) is 2.85. The number of pyridine rings is 1. The molecule has 0 saturated heterocycles. The Morgan fingerprint density at radius 2 is 2.00 bits per heavy atom. The van der Waals surface area contributed by atoms with Gasteiger partial charge in [0.05, 0.1) is 20.9 Å². The lowest BCUT2D eigenvalue weighted by Gasteiger charge is -2.08. The van der Waals surface area contributed by atoms with Gasteiger partial charge in [0.1, 0.15) is 5.82 Å². The van der Waals surface area contributed by atoms with Crippen molar-refractivity contribution in [2.24, 2.45) is 0 Å². The van der Waals surface area contributed by atoms with Crippen molar-refractivity contribution in [2.75, 3.05) is 0 Å². The van der Waals surface area contributed by atoms with Crippen LogP contribution in [0.3, 0.4) is 0 Å². The Bertz CT molecular complexity index is 595. The topological polar surface area (TPSA) is 12.9 Å². The van der Waals surface area contributed by atoms with Crippen molar-refractivity contribution < 1.29 is 4.39 Å². The average molecular weight is 256 g/mol. The van der Waals surface area contributed by atoms with E-state index >= 15 is 0 Å². The Balaban J connectivity index is 2.50. The van der Waals surface area contributed by atoms with E-state index in [2.05, 4.69) is 4.98 Å². The zero-order valence-electron chi connectivity index (χ0n) is 8.36. The first-order valence-corrected chi connectivity index (χ1v) is 5.89. The molecule has 3 rings (SSSR count). The van der Waals surface area contributed by atoms with Crippen LogP contribution in [0.15, 0.2) is 12.1 Å². The third-order valence-electron chi connectivity index (χ3n) is 3.00. The summed E-state index contributed by atoms with van der Waals surface area (Å²) >= 11 is 12.2. The number of rotatable bonds is 0. The van der Waals surface area contributed by atoms with Gasteiger partial charge in [0.15, 0.2) is 0 Å². The highest BCUT2D eigenvalue weighted by molar-refractivity contribution is 6.39. The van der Waals surface area contributed by atoms with Crippen molar-refractivity contribution in [2.45, 2.75) is 19.3 Å². The van der Waals surface area contributed by atoms with Crippen LogP contribution >= 0.6 is 23.2 Å². The molecule has 16 heavy (non-hydrogen) atoms. The van der Waals surface area contributed by atoms with Crippen LogP contribution in [0.4, 0.5) is 4.39 Å². The number of halogens is 3. The smallest absolute Gasteiger partial charge is 0.134 e. The minimum atomic E-state index is -0.355. The largest absolute Gasteiger partial charge is 0.251 e. The monoisotopic (exact) mass is 255 g/mol. The lowest BCUT2D eigenvalue weighted by atomic mass is 10.1. The Labute approximate surface area is 102 Å². The van der Waals surface area contributed by atoms with Crippen LogP contribution in [0.2, 0.25) is 10.0 Å². The molecule has 1 aliphatic carbocycles. The number of nitrogens with zero attached hydrogens (tertiary/aromatic N) is 1. The summed E-state index contributed by atoms with van der Waals surface area (Å²) in [7, 11) is 0. The molecule has 0 radical (unpaired) electrons. The van der Waals surface area contributed by atoms with Crippen molar-refractivity contribution in [1.82, 2.24) is 4.98 Å². The number of fused-ring (bicyclic) bond motifs is 2. The molecule has 0 unspecified atom stereocenters. The molecular formula is C12H8Cl2FN. The summed E-state index contributed by atoms with van der Waals surface area (Å²) in [6.45, 7) is 0. The van der Waals surface area contributed by atoms with E-state index in [-0.39, 0.29) is 5.82 Å². The van der Waals surface area contributed by atoms with Crippen molar-refractivity contribution >= 4 is 34.1 Å². The van der Waals surface area contributed by atoms with E-state index in [1.54, 1.807) is 0 Å². The van der Waals surface area contributed by atoms with E-state index < -0.39 is 0 Å². The molecule has 0 saturated carbocycles. The van der Waals surface area contributed by atoms with E-state index in [1.165, 1.54) is 12.1 Å². The molecule has 82 valence electrons. The van der Waals surface area contributed by atoms with Crippen LogP contribution in [0.5, 0.6) is 0 Å². The van der Waals surface area contributed by atoms with Gasteiger partial charge in [-0.2, -0.15) is 0 Å². The number of hydrogen-bond donors (Lipinski definition) is 0. The molecular weight excluding hydrogens is 248 g/mol. The zero-order chi connectivity index (χ0) is 11.3. The molecule has 0 fully saturated rings. The first kappa shape index (κ1) is 10.3. The molecule has 0 atom stereocenters. The van der Waals surface area contributed by atoms with Gasteiger partial charge in [-0.25, -0.2) is 4.39 Å². The van der Waals surface area contributed by atoms with Crippen molar-refractivity contribution in [3.05, 3.63) is 39.3 Å². The predicted octanol–water partition coefficient (Wildman–Crippen LogP) is 4.17. The van der Waals surface area contributed by atoms with E-state index in [0.29, 0.717) is 20.9 Å². The molecule has 0 N–H and O–H groups in total. The number of hydrogen-bond acceptors (Lipinski definition) is 1. The fourth-order valence-corrected chi connectivity index (χ4v) is 2.82. The second-order valence-electron chi connectivity index (χ2n) is 3.96. The summed E-state index contributed by atoms with van der Waals surface area (Å²) in [5.41, 5.74) is 2.42. The average Bonchev–Trinajstić information content (AvgIpc) is 2.72. The van der Waals surface area contributed by atoms with Gasteiger partial charge in [0, 0.05) is 5.69 Å². The second-order valence-corrected chi connectivity index (χ2v) is 4.74. The van der Waals surface area contributed by atoms with Crippen LogP contribution in [0.25, 0.3) is 10.9 Å².